The Labute approximate surface area is 260 Å². The van der Waals surface area contributed by atoms with Gasteiger partial charge in [0.15, 0.2) is 5.69 Å². The van der Waals surface area contributed by atoms with E-state index < -0.39 is 22.0 Å². The maximum atomic E-state index is 13.7. The summed E-state index contributed by atoms with van der Waals surface area (Å²) in [6, 6.07) is 8.56. The standard InChI is InChI=1S/C30H35ClN8O4S/c1-16-10-21(17(2)32-24-6-7-25(31)33-27(24)28(40)36-44(5,42)43)26-22(11-16)29(41)38(4)30(34-26)39-14-19-12-18(13-20(19)15-39)23-8-9-37(3)35-23/h6-11,17-20,32H,12-15H2,1-5H3,(H,36,40)/t17-,19+,20+/m1/s1. The minimum atomic E-state index is -3.83. The lowest BCUT2D eigenvalue weighted by Gasteiger charge is -2.24. The maximum Gasteiger partial charge on any atom is 0.285 e. The van der Waals surface area contributed by atoms with Gasteiger partial charge in [0.2, 0.25) is 16.0 Å². The van der Waals surface area contributed by atoms with Crippen LogP contribution in [-0.4, -0.2) is 58.0 Å². The second kappa shape index (κ2) is 11.2. The Morgan fingerprint density at radius 3 is 2.43 bits per heavy atom. The van der Waals surface area contributed by atoms with E-state index in [2.05, 4.69) is 26.4 Å². The fraction of sp³-hybridized carbons (Fsp3) is 0.433. The molecule has 0 bridgehead atoms. The van der Waals surface area contributed by atoms with Gasteiger partial charge < -0.3 is 10.2 Å². The van der Waals surface area contributed by atoms with Crippen LogP contribution in [0.2, 0.25) is 5.15 Å². The molecule has 6 rings (SSSR count). The monoisotopic (exact) mass is 638 g/mol. The number of hydrogen-bond donors (Lipinski definition) is 2. The molecule has 44 heavy (non-hydrogen) atoms. The average Bonchev–Trinajstić information content (AvgIpc) is 3.65. The van der Waals surface area contributed by atoms with Crippen LogP contribution in [0.15, 0.2) is 41.3 Å². The second-order valence-electron chi connectivity index (χ2n) is 12.1. The number of anilines is 2. The summed E-state index contributed by atoms with van der Waals surface area (Å²) in [4.78, 5) is 37.9. The number of halogens is 1. The number of amides is 1. The molecule has 12 nitrogen and oxygen atoms in total. The van der Waals surface area contributed by atoms with Crippen LogP contribution in [0.5, 0.6) is 0 Å². The van der Waals surface area contributed by atoms with Crippen LogP contribution >= 0.6 is 11.6 Å². The summed E-state index contributed by atoms with van der Waals surface area (Å²) in [6.45, 7) is 5.45. The van der Waals surface area contributed by atoms with Crippen LogP contribution in [0.25, 0.3) is 10.9 Å². The van der Waals surface area contributed by atoms with E-state index in [4.69, 9.17) is 16.6 Å². The van der Waals surface area contributed by atoms with E-state index in [1.165, 1.54) is 6.07 Å². The minimum Gasteiger partial charge on any atom is -0.377 e. The molecular weight excluding hydrogens is 604 g/mol. The summed E-state index contributed by atoms with van der Waals surface area (Å²) in [5.41, 5.74) is 3.36. The molecule has 1 aliphatic heterocycles. The third-order valence-corrected chi connectivity index (χ3v) is 9.48. The van der Waals surface area contributed by atoms with Crippen LogP contribution in [0.3, 0.4) is 0 Å². The van der Waals surface area contributed by atoms with Crippen molar-refractivity contribution in [2.75, 3.05) is 29.6 Å². The molecule has 2 fully saturated rings. The van der Waals surface area contributed by atoms with Gasteiger partial charge in [-0.05, 0) is 68.4 Å². The number of nitrogens with zero attached hydrogens (tertiary/aromatic N) is 6. The van der Waals surface area contributed by atoms with E-state index in [0.717, 1.165) is 49.0 Å². The molecule has 14 heteroatoms. The predicted octanol–water partition coefficient (Wildman–Crippen LogP) is 3.52. The largest absolute Gasteiger partial charge is 0.377 e. The number of nitrogens with one attached hydrogen (secondary N) is 2. The van der Waals surface area contributed by atoms with Gasteiger partial charge in [-0.3, -0.25) is 18.8 Å². The van der Waals surface area contributed by atoms with Gasteiger partial charge in [0, 0.05) is 44.9 Å². The van der Waals surface area contributed by atoms with Gasteiger partial charge >= 0.3 is 0 Å². The van der Waals surface area contributed by atoms with Crippen molar-refractivity contribution in [2.24, 2.45) is 25.9 Å². The quantitative estimate of drug-likeness (QED) is 0.291. The molecule has 1 aliphatic carbocycles. The number of aromatic nitrogens is 5. The van der Waals surface area contributed by atoms with Gasteiger partial charge in [-0.1, -0.05) is 17.7 Å². The van der Waals surface area contributed by atoms with Crippen molar-refractivity contribution in [1.82, 2.24) is 29.0 Å². The number of hydrogen-bond acceptors (Lipinski definition) is 9. The Hall–Kier alpha value is -3.97. The highest BCUT2D eigenvalue weighted by molar-refractivity contribution is 7.89. The molecule has 3 atom stereocenters. The van der Waals surface area contributed by atoms with E-state index in [9.17, 15) is 18.0 Å². The lowest BCUT2D eigenvalue weighted by molar-refractivity contribution is 0.0977. The zero-order chi connectivity index (χ0) is 31.5. The van der Waals surface area contributed by atoms with E-state index in [1.807, 2.05) is 48.6 Å². The van der Waals surface area contributed by atoms with Crippen molar-refractivity contribution in [3.8, 4) is 0 Å². The minimum absolute atomic E-state index is 0.0411. The highest BCUT2D eigenvalue weighted by atomic mass is 35.5. The number of fused-ring (bicyclic) bond motifs is 2. The maximum absolute atomic E-state index is 13.7. The Morgan fingerprint density at radius 1 is 1.09 bits per heavy atom. The summed E-state index contributed by atoms with van der Waals surface area (Å²) >= 11 is 6.05. The number of sulfonamides is 1. The first-order valence-electron chi connectivity index (χ1n) is 14.5. The molecule has 232 valence electrons. The van der Waals surface area contributed by atoms with E-state index in [0.29, 0.717) is 34.6 Å². The zero-order valence-electron chi connectivity index (χ0n) is 25.2. The topological polar surface area (TPSA) is 144 Å². The van der Waals surface area contributed by atoms with Crippen molar-refractivity contribution < 1.29 is 13.2 Å². The highest BCUT2D eigenvalue weighted by Crippen LogP contribution is 2.46. The third kappa shape index (κ3) is 5.77. The molecule has 0 unspecified atom stereocenters. The molecule has 2 N–H and O–H groups in total. The van der Waals surface area contributed by atoms with Crippen LogP contribution in [0, 0.1) is 18.8 Å². The number of pyridine rings is 1. The van der Waals surface area contributed by atoms with Crippen molar-refractivity contribution in [1.29, 1.82) is 0 Å². The van der Waals surface area contributed by atoms with E-state index in [1.54, 1.807) is 17.7 Å². The van der Waals surface area contributed by atoms with Crippen LogP contribution < -0.4 is 20.5 Å². The first kappa shape index (κ1) is 30.1. The van der Waals surface area contributed by atoms with Crippen LogP contribution in [0.4, 0.5) is 11.6 Å². The number of aryl methyl sites for hydroxylation is 2. The molecule has 2 aliphatic rings. The molecule has 0 radical (unpaired) electrons. The van der Waals surface area contributed by atoms with Crippen LogP contribution in [-0.2, 0) is 24.1 Å². The van der Waals surface area contributed by atoms with Crippen molar-refractivity contribution in [3.63, 3.8) is 0 Å². The van der Waals surface area contributed by atoms with Gasteiger partial charge in [0.1, 0.15) is 5.15 Å². The SMILES string of the molecule is Cc1cc([C@@H](C)Nc2ccc(Cl)nc2C(=O)NS(C)(=O)=O)c2nc(N3C[C@@H]4CC(c5ccn(C)n5)C[C@H]4C3)n(C)c(=O)c2c1. The molecular formula is C30H35ClN8O4S. The normalized spacial score (nSPS) is 19.4. The summed E-state index contributed by atoms with van der Waals surface area (Å²) in [6.07, 6.45) is 5.01. The Kier molecular flexibility index (Phi) is 7.65. The van der Waals surface area contributed by atoms with Crippen LogP contribution in [0.1, 0.15) is 59.0 Å². The summed E-state index contributed by atoms with van der Waals surface area (Å²) in [5, 5.41) is 8.45. The zero-order valence-corrected chi connectivity index (χ0v) is 26.8. The van der Waals surface area contributed by atoms with E-state index in [-0.39, 0.29) is 22.1 Å². The molecule has 4 heterocycles. The van der Waals surface area contributed by atoms with Gasteiger partial charge in [0.25, 0.3) is 11.5 Å². The first-order valence-corrected chi connectivity index (χ1v) is 16.7. The second-order valence-corrected chi connectivity index (χ2v) is 14.3. The number of benzene rings is 1. The molecule has 1 amide bonds. The van der Waals surface area contributed by atoms with Gasteiger partial charge in [-0.2, -0.15) is 5.10 Å². The Morgan fingerprint density at radius 2 is 1.80 bits per heavy atom. The Bertz CT molecular complexity index is 1940. The smallest absolute Gasteiger partial charge is 0.285 e. The van der Waals surface area contributed by atoms with Gasteiger partial charge in [0.05, 0.1) is 34.6 Å². The third-order valence-electron chi connectivity index (χ3n) is 8.71. The lowest BCUT2D eigenvalue weighted by Crippen LogP contribution is -2.31. The fourth-order valence-electron chi connectivity index (χ4n) is 6.76. The summed E-state index contributed by atoms with van der Waals surface area (Å²) in [5.74, 6) is 1.18. The van der Waals surface area contributed by atoms with Gasteiger partial charge in [-0.15, -0.1) is 0 Å². The van der Waals surface area contributed by atoms with E-state index >= 15 is 0 Å². The highest BCUT2D eigenvalue weighted by Gasteiger charge is 2.43. The van der Waals surface area contributed by atoms with Crippen molar-refractivity contribution >= 4 is 50.1 Å². The van der Waals surface area contributed by atoms with Gasteiger partial charge in [-0.25, -0.2) is 23.1 Å². The first-order chi connectivity index (χ1) is 20.8. The summed E-state index contributed by atoms with van der Waals surface area (Å²) < 4.78 is 28.9. The molecule has 3 aromatic heterocycles. The predicted molar refractivity (Wildman–Crippen MR) is 170 cm³/mol. The number of carbonyl (C=O) groups excluding carboxylic acids is 1. The fourth-order valence-corrected chi connectivity index (χ4v) is 7.34. The Balaban J connectivity index is 1.31. The number of rotatable bonds is 7. The molecule has 1 saturated heterocycles. The molecule has 1 saturated carbocycles. The molecule has 0 spiro atoms. The number of carbonyl (C=O) groups is 1. The molecule has 1 aromatic carbocycles. The molecule has 4 aromatic rings. The van der Waals surface area contributed by atoms with Crippen molar-refractivity contribution in [3.05, 3.63) is 74.6 Å². The summed E-state index contributed by atoms with van der Waals surface area (Å²) in [7, 11) is -0.113. The van der Waals surface area contributed by atoms with Crippen molar-refractivity contribution in [2.45, 2.75) is 38.6 Å². The average molecular weight is 639 g/mol. The lowest BCUT2D eigenvalue weighted by atomic mass is 10.0.